The molecule has 4 aromatic rings. The Balaban J connectivity index is 0.000000282. The third kappa shape index (κ3) is 21.3. The maximum Gasteiger partial charge on any atom is 0.419 e. The molecule has 4 fully saturated rings. The monoisotopic (exact) mass is 1560 g/mol. The lowest BCUT2D eigenvalue weighted by Gasteiger charge is -2.47. The first kappa shape index (κ1) is 89.5. The molecule has 0 radical (unpaired) electrons. The van der Waals surface area contributed by atoms with E-state index >= 15 is 0 Å². The van der Waals surface area contributed by atoms with Crippen LogP contribution < -0.4 is 0 Å². The fourth-order valence-electron chi connectivity index (χ4n) is 16.3. The molecule has 24 atom stereocenters. The van der Waals surface area contributed by atoms with Gasteiger partial charge in [0.2, 0.25) is 0 Å². The lowest BCUT2D eigenvalue weighted by molar-refractivity contribution is -0.295. The smallest absolute Gasteiger partial charge is 0.419 e. The highest BCUT2D eigenvalue weighted by atomic mass is 16.7. The number of benzene rings is 1. The highest BCUT2D eigenvalue weighted by Crippen LogP contribution is 2.42. The number of Topliss-reactive ketones (excluding diaryl/α,β-unsaturated/α-hetero) is 4. The molecule has 1 aromatic carbocycles. The van der Waals surface area contributed by atoms with Crippen LogP contribution in [0.5, 0.6) is 0 Å². The zero-order chi connectivity index (χ0) is 82.5. The molecular formula is C83H120N8O21. The van der Waals surface area contributed by atoms with Crippen molar-refractivity contribution in [3.63, 3.8) is 0 Å². The number of unbranched alkanes of at least 4 members (excludes halogenated alkanes) is 1. The number of hydrogen-bond donors (Lipinski definition) is 1. The number of carbonyl (C=O) groups excluding carboxylic acids is 9. The van der Waals surface area contributed by atoms with E-state index in [2.05, 4.69) is 15.0 Å². The molecule has 2 unspecified atom stereocenters. The molecule has 5 aliphatic heterocycles. The number of aliphatic hydroxyl groups excluding tert-OH is 1. The van der Waals surface area contributed by atoms with E-state index in [0.29, 0.717) is 44.3 Å². The van der Waals surface area contributed by atoms with Gasteiger partial charge in [0.15, 0.2) is 48.2 Å². The average molecular weight is 1570 g/mol. The van der Waals surface area contributed by atoms with Crippen LogP contribution in [-0.2, 0) is 87.4 Å². The number of fused-ring (bicyclic) bond motifs is 1. The molecule has 8 heterocycles. The number of nitrogens with zero attached hydrogens (tertiary/aromatic N) is 8. The maximum absolute atomic E-state index is 14.6. The summed E-state index contributed by atoms with van der Waals surface area (Å²) >= 11 is 0. The van der Waals surface area contributed by atoms with Gasteiger partial charge in [0.25, 0.3) is 0 Å². The van der Waals surface area contributed by atoms with Crippen LogP contribution in [0.1, 0.15) is 164 Å². The van der Waals surface area contributed by atoms with Crippen LogP contribution in [0.25, 0.3) is 11.3 Å². The summed E-state index contributed by atoms with van der Waals surface area (Å²) in [5.41, 5.74) is 0.724. The summed E-state index contributed by atoms with van der Waals surface area (Å²) in [6.07, 6.45) is 1.88. The Morgan fingerprint density at radius 1 is 0.652 bits per heavy atom. The van der Waals surface area contributed by atoms with Crippen LogP contribution in [-0.4, -0.2) is 249 Å². The number of ether oxygens (including phenoxy) is 11. The minimum atomic E-state index is -1.32. The van der Waals surface area contributed by atoms with E-state index in [1.54, 1.807) is 103 Å². The normalized spacial score (nSPS) is 34.7. The molecule has 4 saturated heterocycles. The summed E-state index contributed by atoms with van der Waals surface area (Å²) in [5, 5.41) is 11.4. The highest BCUT2D eigenvalue weighted by molar-refractivity contribution is 6.01. The Bertz CT molecular complexity index is 3870. The molecule has 29 nitrogen and oxygen atoms in total. The summed E-state index contributed by atoms with van der Waals surface area (Å²) in [5.74, 6) is -10.0. The lowest BCUT2D eigenvalue weighted by Crippen LogP contribution is -2.60. The summed E-state index contributed by atoms with van der Waals surface area (Å²) < 4.78 is 71.1. The van der Waals surface area contributed by atoms with Crippen molar-refractivity contribution in [2.45, 2.75) is 265 Å². The largest absolute Gasteiger partial charge is 0.458 e. The van der Waals surface area contributed by atoms with Gasteiger partial charge in [0.05, 0.1) is 65.3 Å². The molecule has 29 heteroatoms. The molecule has 5 aliphatic rings. The van der Waals surface area contributed by atoms with Gasteiger partial charge in [-0.05, 0) is 171 Å². The van der Waals surface area contributed by atoms with Gasteiger partial charge in [0.1, 0.15) is 42.3 Å². The molecule has 0 bridgehead atoms. The van der Waals surface area contributed by atoms with Crippen molar-refractivity contribution in [2.24, 2.45) is 41.4 Å². The molecule has 3 aromatic heterocycles. The number of ketones is 4. The number of aromatic nitrogens is 5. The first-order valence-corrected chi connectivity index (χ1v) is 39.3. The number of carbonyl (C=O) groups is 9. The quantitative estimate of drug-likeness (QED) is 0.0395. The minimum Gasteiger partial charge on any atom is -0.458 e. The van der Waals surface area contributed by atoms with Gasteiger partial charge in [0, 0.05) is 99.0 Å². The summed E-state index contributed by atoms with van der Waals surface area (Å²) in [6.45, 7) is 26.9. The molecular weight excluding hydrogens is 1440 g/mol. The Morgan fingerprint density at radius 2 is 1.21 bits per heavy atom. The number of allylic oxidation sites excluding steroid dienone is 1. The van der Waals surface area contributed by atoms with E-state index in [-0.39, 0.29) is 67.1 Å². The molecule has 1 amide bonds. The first-order chi connectivity index (χ1) is 52.9. The molecule has 9 rings (SSSR count). The van der Waals surface area contributed by atoms with Gasteiger partial charge in [-0.3, -0.25) is 33.8 Å². The number of methoxy groups -OCH3 is 2. The fraction of sp³-hybridized carbons (Fsp3) is 0.663. The van der Waals surface area contributed by atoms with Crippen LogP contribution in [0, 0.1) is 48.3 Å². The van der Waals surface area contributed by atoms with E-state index in [0.717, 1.165) is 21.5 Å². The Labute approximate surface area is 658 Å². The molecule has 0 saturated carbocycles. The second-order valence-corrected chi connectivity index (χ2v) is 32.0. The number of rotatable bonds is 19. The molecule has 618 valence electrons. The van der Waals surface area contributed by atoms with Crippen molar-refractivity contribution in [1.29, 1.82) is 0 Å². The molecule has 1 N–H and O–H groups in total. The predicted molar refractivity (Wildman–Crippen MR) is 411 cm³/mol. The van der Waals surface area contributed by atoms with Crippen molar-refractivity contribution >= 4 is 53.2 Å². The number of imidazole rings is 2. The van der Waals surface area contributed by atoms with Crippen LogP contribution in [0.2, 0.25) is 0 Å². The van der Waals surface area contributed by atoms with Crippen LogP contribution in [0.15, 0.2) is 91.6 Å². The highest BCUT2D eigenvalue weighted by Gasteiger charge is 2.56. The van der Waals surface area contributed by atoms with Gasteiger partial charge in [-0.25, -0.2) is 28.9 Å². The van der Waals surface area contributed by atoms with Crippen LogP contribution >= 0.6 is 0 Å². The van der Waals surface area contributed by atoms with Gasteiger partial charge >= 0.3 is 30.1 Å². The second kappa shape index (κ2) is 39.4. The Hall–Kier alpha value is -8.00. The van der Waals surface area contributed by atoms with Gasteiger partial charge in [-0.2, -0.15) is 0 Å². The maximum atomic E-state index is 14.6. The summed E-state index contributed by atoms with van der Waals surface area (Å²) in [6, 6.07) is 11.2. The van der Waals surface area contributed by atoms with Crippen molar-refractivity contribution in [1.82, 2.24) is 38.8 Å². The van der Waals surface area contributed by atoms with Crippen molar-refractivity contribution in [2.75, 3.05) is 49.0 Å². The number of esters is 3. The van der Waals surface area contributed by atoms with Gasteiger partial charge in [-0.15, -0.1) is 0 Å². The topological polar surface area (TPSA) is 334 Å². The van der Waals surface area contributed by atoms with Crippen molar-refractivity contribution in [3.8, 4) is 11.3 Å². The first-order valence-electron chi connectivity index (χ1n) is 39.3. The van der Waals surface area contributed by atoms with E-state index < -0.39 is 162 Å². The number of likely N-dealkylation sites (N-methyl/N-ethyl adjacent to an activating group) is 2. The van der Waals surface area contributed by atoms with Crippen molar-refractivity contribution < 1.29 is 100 Å². The van der Waals surface area contributed by atoms with Crippen LogP contribution in [0.4, 0.5) is 9.59 Å². The third-order valence-electron chi connectivity index (χ3n) is 23.1. The third-order valence-corrected chi connectivity index (χ3v) is 23.1. The zero-order valence-electron chi connectivity index (χ0n) is 69.0. The van der Waals surface area contributed by atoms with E-state index in [1.807, 2.05) is 95.5 Å². The number of amides is 1. The van der Waals surface area contributed by atoms with E-state index in [9.17, 15) is 48.3 Å². The number of aryl methyl sites for hydroxylation is 2. The number of hydrogen-bond acceptors (Lipinski definition) is 26. The predicted octanol–water partition coefficient (Wildman–Crippen LogP) is 9.88. The zero-order valence-corrected chi connectivity index (χ0v) is 69.0. The SMILES string of the molecule is CC[C@H]1OC(=O)[C@H](C)C(=O)[C@H](C)[C@@H](OC2O[C@H](C)C[C@H](N(C)C)[C@H]2O)[C@@](C)(OC)C[C@@H](C)C(=O)[C@H](C)[C@@H]2[C@@H]1OC(=O)N2CCCCn1cnc(-c2ccc(C)nc2)c1.CC[C@H]1OC(=O)[C@H](C)C(=O)[C@H](C)[C@@H](OC2O[C@H](C)C[C@H](N(C)C)[C@H]2OC(=O)c2ccccc2)[C@@](C)(OC)C[C@@H](C)C(=O)/C(C)=C/[C@@H]1OC(=O)n1ccnc1. The summed E-state index contributed by atoms with van der Waals surface area (Å²) in [7, 11) is 10.5. The minimum absolute atomic E-state index is 0.0825. The Morgan fingerprint density at radius 3 is 1.77 bits per heavy atom. The second-order valence-electron chi connectivity index (χ2n) is 32.0. The van der Waals surface area contributed by atoms with Crippen LogP contribution in [0.3, 0.4) is 0 Å². The van der Waals surface area contributed by atoms with Gasteiger partial charge < -0.3 is 76.5 Å². The van der Waals surface area contributed by atoms with E-state index in [1.165, 1.54) is 52.9 Å². The number of cyclic esters (lactones) is 2. The number of pyridine rings is 1. The average Bonchev–Trinajstić information content (AvgIpc) is 0.845. The number of aliphatic hydroxyl groups is 1. The van der Waals surface area contributed by atoms with E-state index in [4.69, 9.17) is 52.1 Å². The van der Waals surface area contributed by atoms with Gasteiger partial charge in [-0.1, -0.05) is 66.7 Å². The summed E-state index contributed by atoms with van der Waals surface area (Å²) in [4.78, 5) is 143. The lowest BCUT2D eigenvalue weighted by atomic mass is 9.75. The molecule has 0 aliphatic carbocycles. The standard InChI is InChI=1S/C43H65N5O10.C40H55N3O11/c1-12-33-38-34(48(42(53)57-38)18-14-13-17-47-22-31(45-23-47)30-16-15-25(3)44-21-30)27(5)35(49)24(2)20-43(8,54-11)39(28(6)36(50)29(7)40(52)56-33)58-41-37(51)32(46(9)10)19-26(4)55-41;1-11-30-31(52-39(48)43-18-17-41-22-43)19-23(2)32(44)24(3)21-40(7,49-10)35(26(5)33(45)27(6)36(46)51-30)54-38-34(29(42(8)9)20-25(4)50-38)53-37(47)28-15-13-12-14-16-28/h15-16,21-24,26-29,32-34,37-39,41,51H,12-14,17-20H2,1-11H3;12-19,22,24-27,29-31,34-35,38H,11,20-21H2,1-10H3/b;23-19+/t24-,26-,27-,28+,29-,32+,33-,34-,37-,38-,39-,41?,43+;24-,25-,26+,27-,29+,30-,31+,34-,35-,38?,40+/m11/s1. The van der Waals surface area contributed by atoms with Crippen molar-refractivity contribution in [3.05, 3.63) is 103 Å². The molecule has 112 heavy (non-hydrogen) atoms. The molecule has 0 spiro atoms. The fourth-order valence-corrected chi connectivity index (χ4v) is 16.3. The Kier molecular flexibility index (Phi) is 31.5.